The van der Waals surface area contributed by atoms with Crippen molar-refractivity contribution >= 4 is 58.4 Å². The molecule has 0 saturated heterocycles. The summed E-state index contributed by atoms with van der Waals surface area (Å²) in [6.07, 6.45) is 5.18. The van der Waals surface area contributed by atoms with Crippen molar-refractivity contribution in [3.8, 4) is 5.75 Å². The van der Waals surface area contributed by atoms with Crippen LogP contribution in [0, 0.1) is 11.8 Å². The number of halogens is 1. The maximum Gasteiger partial charge on any atom is 0.326 e. The number of benzene rings is 2. The predicted octanol–water partition coefficient (Wildman–Crippen LogP) is 4.17. The third-order valence-corrected chi connectivity index (χ3v) is 8.11. The van der Waals surface area contributed by atoms with Gasteiger partial charge in [0.2, 0.25) is 11.8 Å². The molecule has 232 valence electrons. The Hall–Kier alpha value is -4.36. The molecule has 0 bridgehead atoms. The van der Waals surface area contributed by atoms with Gasteiger partial charge in [0.15, 0.2) is 10.9 Å². The monoisotopic (exact) mass is 640 g/mol. The van der Waals surface area contributed by atoms with Crippen molar-refractivity contribution in [2.75, 3.05) is 24.1 Å². The third kappa shape index (κ3) is 8.83. The fourth-order valence-electron chi connectivity index (χ4n) is 4.78. The van der Waals surface area contributed by atoms with Crippen LogP contribution in [0.2, 0.25) is 5.02 Å². The molecule has 12 nitrogen and oxygen atoms in total. The molecule has 4 rings (SSSR count). The zero-order valence-electron chi connectivity index (χ0n) is 24.1. The van der Waals surface area contributed by atoms with Crippen molar-refractivity contribution in [3.05, 3.63) is 71.0 Å². The van der Waals surface area contributed by atoms with Crippen LogP contribution < -0.4 is 26.2 Å². The van der Waals surface area contributed by atoms with Gasteiger partial charge in [-0.3, -0.25) is 25.2 Å². The van der Waals surface area contributed by atoms with Crippen LogP contribution in [0.1, 0.15) is 41.7 Å². The Labute approximate surface area is 263 Å². The number of carboxylic acids is 1. The number of aliphatic carboxylic acids is 1. The first-order valence-corrected chi connectivity index (χ1v) is 15.5. The van der Waals surface area contributed by atoms with E-state index in [1.54, 1.807) is 61.9 Å². The van der Waals surface area contributed by atoms with E-state index in [-0.39, 0.29) is 40.8 Å². The van der Waals surface area contributed by atoms with Crippen LogP contribution in [-0.4, -0.2) is 58.2 Å². The van der Waals surface area contributed by atoms with Crippen molar-refractivity contribution in [1.82, 2.24) is 20.7 Å². The number of nitrogens with zero attached hydrogens (tertiary/aromatic N) is 2. The minimum Gasteiger partial charge on any atom is -0.497 e. The summed E-state index contributed by atoms with van der Waals surface area (Å²) < 4.78 is 5.12. The maximum absolute atomic E-state index is 13.0. The number of carboxylic acid groups (broad SMARTS) is 1. The lowest BCUT2D eigenvalue weighted by molar-refractivity contribution is -0.142. The van der Waals surface area contributed by atoms with Gasteiger partial charge in [-0.05, 0) is 73.9 Å². The lowest BCUT2D eigenvalue weighted by atomic mass is 9.81. The number of rotatable bonds is 12. The number of ether oxygens (including phenoxy) is 1. The van der Waals surface area contributed by atoms with Gasteiger partial charge in [-0.15, -0.1) is 0 Å². The molecule has 0 unspecified atom stereocenters. The summed E-state index contributed by atoms with van der Waals surface area (Å²) >= 11 is 7.36. The number of methoxy groups -OCH3 is 1. The standard InChI is InChI=1S/C30H33ClN6O6S/c1-43-22-13-11-21(12-14-22)36-37-27(39)19-7-5-18(6-8-19)26(38)34-24(29(41)42)15-17-3-9-20(10-4-17)33-28(40)25-23(31)16-32-30(35-25)44-2/h3-4,9-14,16,18-19,24,36H,5-8,15H2,1-2H3,(H,33,40)(H,34,38)(H,37,39)(H,41,42)/t18?,19?,24-/m0/s1. The Morgan fingerprint density at radius 1 is 0.977 bits per heavy atom. The van der Waals surface area contributed by atoms with E-state index in [9.17, 15) is 24.3 Å². The van der Waals surface area contributed by atoms with Gasteiger partial charge >= 0.3 is 5.97 Å². The lowest BCUT2D eigenvalue weighted by Gasteiger charge is -2.28. The highest BCUT2D eigenvalue weighted by Gasteiger charge is 2.32. The number of aromatic nitrogens is 2. The van der Waals surface area contributed by atoms with Crippen LogP contribution in [0.5, 0.6) is 5.75 Å². The largest absolute Gasteiger partial charge is 0.497 e. The van der Waals surface area contributed by atoms with Crippen LogP contribution in [0.15, 0.2) is 59.9 Å². The van der Waals surface area contributed by atoms with E-state index < -0.39 is 17.9 Å². The summed E-state index contributed by atoms with van der Waals surface area (Å²) in [5, 5.41) is 15.7. The number of hydrogen-bond acceptors (Lipinski definition) is 9. The molecule has 0 aliphatic heterocycles. The molecular formula is C30H33ClN6O6S. The van der Waals surface area contributed by atoms with Gasteiger partial charge in [0.25, 0.3) is 5.91 Å². The summed E-state index contributed by atoms with van der Waals surface area (Å²) in [6, 6.07) is 12.6. The molecule has 1 saturated carbocycles. The smallest absolute Gasteiger partial charge is 0.326 e. The quantitative estimate of drug-likeness (QED) is 0.110. The third-order valence-electron chi connectivity index (χ3n) is 7.27. The first-order chi connectivity index (χ1) is 21.2. The molecule has 3 amide bonds. The molecule has 1 atom stereocenters. The average Bonchev–Trinajstić information content (AvgIpc) is 3.04. The van der Waals surface area contributed by atoms with Crippen molar-refractivity contribution in [1.29, 1.82) is 0 Å². The molecule has 14 heteroatoms. The molecule has 1 fully saturated rings. The maximum atomic E-state index is 13.0. The van der Waals surface area contributed by atoms with Crippen LogP contribution >= 0.6 is 23.4 Å². The topological polar surface area (TPSA) is 172 Å². The van der Waals surface area contributed by atoms with Crippen molar-refractivity contribution in [3.63, 3.8) is 0 Å². The molecule has 1 aliphatic carbocycles. The lowest BCUT2D eigenvalue weighted by Crippen LogP contribution is -2.46. The van der Waals surface area contributed by atoms with Crippen LogP contribution in [0.4, 0.5) is 11.4 Å². The Kier molecular flexibility index (Phi) is 11.4. The second-order valence-corrected chi connectivity index (χ2v) is 11.4. The SMILES string of the molecule is COc1ccc(NNC(=O)C2CCC(C(=O)N[C@@H](Cc3ccc(NC(=O)c4nc(SC)ncc4Cl)cc3)C(=O)O)CC2)cc1. The predicted molar refractivity (Wildman–Crippen MR) is 167 cm³/mol. The summed E-state index contributed by atoms with van der Waals surface area (Å²) in [7, 11) is 1.58. The Morgan fingerprint density at radius 2 is 1.59 bits per heavy atom. The Bertz CT molecular complexity index is 1480. The van der Waals surface area contributed by atoms with Crippen molar-refractivity contribution < 1.29 is 29.0 Å². The number of thioether (sulfide) groups is 1. The van der Waals surface area contributed by atoms with E-state index in [0.29, 0.717) is 53.5 Å². The molecule has 0 spiro atoms. The van der Waals surface area contributed by atoms with Gasteiger partial charge in [0.1, 0.15) is 11.8 Å². The number of anilines is 2. The molecule has 2 aromatic carbocycles. The Balaban J connectivity index is 1.25. The first kappa shape index (κ1) is 32.6. The minimum atomic E-state index is -1.16. The number of hydrazine groups is 1. The number of amides is 3. The van der Waals surface area contributed by atoms with Gasteiger partial charge in [-0.1, -0.05) is 35.5 Å². The van der Waals surface area contributed by atoms with Crippen molar-refractivity contribution in [2.45, 2.75) is 43.3 Å². The molecule has 1 heterocycles. The van der Waals surface area contributed by atoms with Gasteiger partial charge in [-0.25, -0.2) is 14.8 Å². The molecule has 0 radical (unpaired) electrons. The summed E-state index contributed by atoms with van der Waals surface area (Å²) in [6.45, 7) is 0. The van der Waals surface area contributed by atoms with Crippen LogP contribution in [0.3, 0.4) is 0 Å². The van der Waals surface area contributed by atoms with E-state index in [4.69, 9.17) is 16.3 Å². The molecular weight excluding hydrogens is 608 g/mol. The zero-order valence-corrected chi connectivity index (χ0v) is 25.7. The van der Waals surface area contributed by atoms with Gasteiger partial charge in [0.05, 0.1) is 24.0 Å². The van der Waals surface area contributed by atoms with Crippen LogP contribution in [0.25, 0.3) is 0 Å². The van der Waals surface area contributed by atoms with Crippen molar-refractivity contribution in [2.24, 2.45) is 11.8 Å². The highest BCUT2D eigenvalue weighted by atomic mass is 35.5. The fraction of sp³-hybridized carbons (Fsp3) is 0.333. The second kappa shape index (κ2) is 15.4. The molecule has 1 aromatic heterocycles. The molecule has 1 aliphatic rings. The first-order valence-electron chi connectivity index (χ1n) is 13.9. The number of nitrogens with one attached hydrogen (secondary N) is 4. The number of carbonyl (C=O) groups excluding carboxylic acids is 3. The van der Waals surface area contributed by atoms with E-state index in [1.807, 2.05) is 0 Å². The second-order valence-electron chi connectivity index (χ2n) is 10.2. The van der Waals surface area contributed by atoms with E-state index in [1.165, 1.54) is 18.0 Å². The number of carbonyl (C=O) groups is 4. The van der Waals surface area contributed by atoms with E-state index in [2.05, 4.69) is 31.5 Å². The molecule has 5 N–H and O–H groups in total. The molecule has 3 aromatic rings. The highest BCUT2D eigenvalue weighted by Crippen LogP contribution is 2.29. The van der Waals surface area contributed by atoms with E-state index in [0.717, 1.165) is 0 Å². The van der Waals surface area contributed by atoms with Gasteiger partial charge in [-0.2, -0.15) is 0 Å². The van der Waals surface area contributed by atoms with Crippen LogP contribution in [-0.2, 0) is 20.8 Å². The average molecular weight is 641 g/mol. The summed E-state index contributed by atoms with van der Waals surface area (Å²) in [5.74, 6) is -2.09. The van der Waals surface area contributed by atoms with Gasteiger partial charge < -0.3 is 20.5 Å². The molecule has 44 heavy (non-hydrogen) atoms. The summed E-state index contributed by atoms with van der Waals surface area (Å²) in [5.41, 5.74) is 7.48. The highest BCUT2D eigenvalue weighted by molar-refractivity contribution is 7.98. The minimum absolute atomic E-state index is 0.0450. The number of hydrogen-bond donors (Lipinski definition) is 5. The van der Waals surface area contributed by atoms with Gasteiger partial charge in [0, 0.05) is 23.9 Å². The Morgan fingerprint density at radius 3 is 2.18 bits per heavy atom. The zero-order chi connectivity index (χ0) is 31.6. The van der Waals surface area contributed by atoms with E-state index >= 15 is 0 Å². The fourth-order valence-corrected chi connectivity index (χ4v) is 5.29. The normalized spacial score (nSPS) is 16.7. The summed E-state index contributed by atoms with van der Waals surface area (Å²) in [4.78, 5) is 58.4.